The summed E-state index contributed by atoms with van der Waals surface area (Å²) in [5, 5.41) is 1.82. The van der Waals surface area contributed by atoms with E-state index < -0.39 is 0 Å². The molecule has 6 aromatic carbocycles. The number of hydrogen-bond acceptors (Lipinski definition) is 7. The van der Waals surface area contributed by atoms with Crippen LogP contribution in [0.2, 0.25) is 0 Å². The molecule has 0 N–H and O–H groups in total. The fourth-order valence-electron chi connectivity index (χ4n) is 6.84. The van der Waals surface area contributed by atoms with Crippen LogP contribution in [0.5, 0.6) is 23.0 Å². The molecule has 0 spiro atoms. The van der Waals surface area contributed by atoms with Crippen LogP contribution in [0.25, 0.3) is 72.5 Å². The van der Waals surface area contributed by atoms with Crippen molar-refractivity contribution in [3.8, 4) is 73.7 Å². The molecule has 4 heterocycles. The van der Waals surface area contributed by atoms with Crippen LogP contribution in [-0.4, -0.2) is 29.5 Å². The molecule has 0 saturated carbocycles. The first-order valence-electron chi connectivity index (χ1n) is 18.2. The number of nitrogens with zero attached hydrogens (tertiary/aromatic N) is 6. The Kier molecular flexibility index (Phi) is 11.6. The van der Waals surface area contributed by atoms with E-state index in [0.717, 1.165) is 55.5 Å². The Morgan fingerprint density at radius 1 is 0.407 bits per heavy atom. The number of rotatable bonds is 9. The van der Waals surface area contributed by atoms with Crippen LogP contribution < -0.4 is 9.47 Å². The molecule has 0 aliphatic carbocycles. The molecule has 0 radical (unpaired) electrons. The molecule has 4 aromatic heterocycles. The van der Waals surface area contributed by atoms with Gasteiger partial charge in [-0.2, -0.15) is 22.9 Å². The molecular formula is C49H28N6O2Pd2. The molecule has 0 bridgehead atoms. The van der Waals surface area contributed by atoms with Crippen molar-refractivity contribution in [3.63, 3.8) is 0 Å². The monoisotopic (exact) mass is 944 g/mol. The summed E-state index contributed by atoms with van der Waals surface area (Å²) in [6.07, 6.45) is 6.47. The third-order valence-corrected chi connectivity index (χ3v) is 9.44. The normalized spacial score (nSPS) is 10.8. The second-order valence-corrected chi connectivity index (χ2v) is 13.1. The van der Waals surface area contributed by atoms with Gasteiger partial charge in [0.1, 0.15) is 12.7 Å². The first-order chi connectivity index (χ1) is 28.2. The summed E-state index contributed by atoms with van der Waals surface area (Å²) < 4.78 is 15.0. The van der Waals surface area contributed by atoms with Gasteiger partial charge in [0.15, 0.2) is 0 Å². The molecule has 59 heavy (non-hydrogen) atoms. The predicted molar refractivity (Wildman–Crippen MR) is 220 cm³/mol. The van der Waals surface area contributed by atoms with Gasteiger partial charge in [0, 0.05) is 35.4 Å². The Balaban J connectivity index is 0.00000242. The number of benzene rings is 6. The van der Waals surface area contributed by atoms with E-state index in [1.807, 2.05) is 114 Å². The van der Waals surface area contributed by atoms with E-state index in [2.05, 4.69) is 85.6 Å². The van der Waals surface area contributed by atoms with Gasteiger partial charge in [-0.05, 0) is 34.6 Å². The van der Waals surface area contributed by atoms with Crippen molar-refractivity contribution in [1.82, 2.24) is 29.5 Å². The zero-order valence-corrected chi connectivity index (χ0v) is 33.9. The van der Waals surface area contributed by atoms with Crippen molar-refractivity contribution in [2.24, 2.45) is 0 Å². The number of hydrogen-bond donors (Lipinski definition) is 0. The average molecular weight is 946 g/mol. The summed E-state index contributed by atoms with van der Waals surface area (Å²) in [7, 11) is 0. The quantitative estimate of drug-likeness (QED) is 0.105. The summed E-state index contributed by atoms with van der Waals surface area (Å²) in [6.45, 7) is 0. The first kappa shape index (κ1) is 39.2. The molecular weight excluding hydrogens is 917 g/mol. The fourth-order valence-corrected chi connectivity index (χ4v) is 6.84. The minimum absolute atomic E-state index is 0. The summed E-state index contributed by atoms with van der Waals surface area (Å²) in [4.78, 5) is 22.3. The van der Waals surface area contributed by atoms with E-state index >= 15 is 0 Å². The van der Waals surface area contributed by atoms with Crippen LogP contribution in [0.15, 0.2) is 171 Å². The Bertz CT molecular complexity index is 2710. The van der Waals surface area contributed by atoms with E-state index in [4.69, 9.17) is 9.47 Å². The number of aromatic nitrogens is 6. The van der Waals surface area contributed by atoms with Crippen molar-refractivity contribution in [2.45, 2.75) is 0 Å². The van der Waals surface area contributed by atoms with E-state index in [1.165, 1.54) is 12.7 Å². The van der Waals surface area contributed by atoms with Crippen LogP contribution in [0.1, 0.15) is 0 Å². The topological polar surface area (TPSA) is 87.8 Å². The molecule has 0 amide bonds. The number of pyridine rings is 2. The third kappa shape index (κ3) is 8.22. The Morgan fingerprint density at radius 3 is 1.31 bits per heavy atom. The average Bonchev–Trinajstić information content (AvgIpc) is 3.60. The standard InChI is InChI=1S/C49H28N6O2.2Pd/c1-3-11-33(12-4-1)35-23-37(45-15-7-9-21-51-45)27-41(25-35)56-39-17-19-43-44-20-18-40(30-48(44)55(47(43)29-39)49-53-31-50-32-54-49)57-42-26-36(34-13-5-2-6-14-34)24-38(28-42)46-16-8-10-22-52-46;;/h1-26,31-32H;;/q-4;2*+2. The molecule has 0 aliphatic rings. The summed E-state index contributed by atoms with van der Waals surface area (Å²) >= 11 is 0. The van der Waals surface area contributed by atoms with Crippen LogP contribution in [0.3, 0.4) is 0 Å². The second-order valence-electron chi connectivity index (χ2n) is 13.1. The molecule has 8 nitrogen and oxygen atoms in total. The molecule has 0 fully saturated rings. The Hall–Kier alpha value is -6.65. The van der Waals surface area contributed by atoms with Crippen molar-refractivity contribution < 1.29 is 50.3 Å². The number of fused-ring (bicyclic) bond motifs is 3. The zero-order chi connectivity index (χ0) is 38.0. The largest absolute Gasteiger partial charge is 2.00 e. The van der Waals surface area contributed by atoms with Gasteiger partial charge in [0.25, 0.3) is 0 Å². The minimum atomic E-state index is 0. The van der Waals surface area contributed by atoms with Crippen LogP contribution >= 0.6 is 0 Å². The molecule has 10 aromatic rings. The second kappa shape index (κ2) is 17.5. The van der Waals surface area contributed by atoms with Gasteiger partial charge in [0.05, 0.1) is 0 Å². The maximum Gasteiger partial charge on any atom is 2.00 e. The van der Waals surface area contributed by atoms with Gasteiger partial charge < -0.3 is 24.0 Å². The van der Waals surface area contributed by atoms with E-state index in [-0.39, 0.29) is 40.8 Å². The minimum Gasteiger partial charge on any atom is -0.503 e. The summed E-state index contributed by atoms with van der Waals surface area (Å²) in [5.41, 5.74) is 8.66. The van der Waals surface area contributed by atoms with Gasteiger partial charge in [-0.1, -0.05) is 131 Å². The molecule has 0 unspecified atom stereocenters. The van der Waals surface area contributed by atoms with Crippen LogP contribution in [0, 0.1) is 24.3 Å². The number of ether oxygens (including phenoxy) is 2. The van der Waals surface area contributed by atoms with E-state index in [9.17, 15) is 0 Å². The van der Waals surface area contributed by atoms with Gasteiger partial charge in [-0.25, -0.2) is 15.0 Å². The van der Waals surface area contributed by atoms with E-state index in [1.54, 1.807) is 12.4 Å². The van der Waals surface area contributed by atoms with Crippen molar-refractivity contribution in [3.05, 3.63) is 195 Å². The van der Waals surface area contributed by atoms with Crippen molar-refractivity contribution in [2.75, 3.05) is 0 Å². The maximum atomic E-state index is 6.55. The molecule has 0 aliphatic heterocycles. The fraction of sp³-hybridized carbons (Fsp3) is 0. The summed E-state index contributed by atoms with van der Waals surface area (Å²) in [6, 6.07) is 61.7. The van der Waals surface area contributed by atoms with Crippen LogP contribution in [-0.2, 0) is 40.8 Å². The van der Waals surface area contributed by atoms with Gasteiger partial charge >= 0.3 is 40.8 Å². The first-order valence-corrected chi connectivity index (χ1v) is 18.2. The molecule has 0 atom stereocenters. The zero-order valence-electron chi connectivity index (χ0n) is 30.8. The predicted octanol–water partition coefficient (Wildman–Crippen LogP) is 11.2. The molecule has 10 heteroatoms. The smallest absolute Gasteiger partial charge is 0.503 e. The summed E-state index contributed by atoms with van der Waals surface area (Å²) in [5.74, 6) is 2.42. The third-order valence-electron chi connectivity index (χ3n) is 9.44. The Labute approximate surface area is 367 Å². The SMILES string of the molecule is [Pd+2].[Pd+2].[c-]1c(Oc2[c-]c3c(cc2)c2ccc(Oc4[c-]c(-c5ccccn5)cc(-c5ccccc5)c4)[c-]c2n3-c2ncncn2)cc(-c2ccccc2)cc1-c1ccccn1. The van der Waals surface area contributed by atoms with Gasteiger partial charge in [0.2, 0.25) is 5.95 Å². The van der Waals surface area contributed by atoms with E-state index in [0.29, 0.717) is 40.0 Å². The van der Waals surface area contributed by atoms with Crippen molar-refractivity contribution in [1.29, 1.82) is 0 Å². The van der Waals surface area contributed by atoms with Crippen LogP contribution in [0.4, 0.5) is 0 Å². The molecule has 0 saturated heterocycles. The Morgan fingerprint density at radius 2 is 0.864 bits per heavy atom. The maximum absolute atomic E-state index is 6.55. The van der Waals surface area contributed by atoms with Gasteiger partial charge in [-0.15, -0.1) is 47.5 Å². The van der Waals surface area contributed by atoms with Crippen molar-refractivity contribution >= 4 is 21.8 Å². The molecule has 286 valence electrons. The van der Waals surface area contributed by atoms with Gasteiger partial charge in [-0.3, -0.25) is 0 Å². The molecule has 10 rings (SSSR count).